The van der Waals surface area contributed by atoms with Crippen LogP contribution in [0.2, 0.25) is 0 Å². The van der Waals surface area contributed by atoms with E-state index in [4.69, 9.17) is 0 Å². The summed E-state index contributed by atoms with van der Waals surface area (Å²) in [7, 11) is 1.67. The van der Waals surface area contributed by atoms with Crippen LogP contribution >= 0.6 is 0 Å². The second kappa shape index (κ2) is 5.69. The Morgan fingerprint density at radius 1 is 1.29 bits per heavy atom. The van der Waals surface area contributed by atoms with E-state index in [0.717, 1.165) is 12.8 Å². The number of Topliss-reactive ketones (excluding diaryl/α,β-unsaturated/α-hetero) is 1. The molecule has 24 heavy (non-hydrogen) atoms. The lowest BCUT2D eigenvalue weighted by Crippen LogP contribution is -2.50. The van der Waals surface area contributed by atoms with Crippen LogP contribution in [0.3, 0.4) is 0 Å². The third kappa shape index (κ3) is 2.31. The maximum Gasteiger partial charge on any atom is 0.264 e. The first kappa shape index (κ1) is 17.2. The van der Waals surface area contributed by atoms with Gasteiger partial charge in [-0.1, -0.05) is 45.4 Å². The number of carbonyl (C=O) groups excluding carboxylic acids is 2. The maximum atomic E-state index is 12.9. The van der Waals surface area contributed by atoms with E-state index in [1.807, 2.05) is 18.2 Å². The molecule has 1 aromatic rings. The Kier molecular flexibility index (Phi) is 4.07. The summed E-state index contributed by atoms with van der Waals surface area (Å²) < 4.78 is 0. The molecule has 3 atom stereocenters. The summed E-state index contributed by atoms with van der Waals surface area (Å²) in [5.41, 5.74) is -0.340. The molecule has 4 nitrogen and oxygen atoms in total. The Morgan fingerprint density at radius 3 is 2.62 bits per heavy atom. The minimum atomic E-state index is -1.72. The van der Waals surface area contributed by atoms with Crippen LogP contribution in [0.1, 0.15) is 52.0 Å². The molecular formula is C20H27NO3. The zero-order valence-electron chi connectivity index (χ0n) is 15.0. The summed E-state index contributed by atoms with van der Waals surface area (Å²) >= 11 is 0. The molecule has 1 aliphatic carbocycles. The summed E-state index contributed by atoms with van der Waals surface area (Å²) in [5, 5.41) is 11.4. The Balaban J connectivity index is 2.03. The minimum absolute atomic E-state index is 0.0131. The fraction of sp³-hybridized carbons (Fsp3) is 0.600. The van der Waals surface area contributed by atoms with Gasteiger partial charge in [-0.15, -0.1) is 0 Å². The fourth-order valence-electron chi connectivity index (χ4n) is 4.33. The number of benzene rings is 1. The van der Waals surface area contributed by atoms with Crippen LogP contribution in [0.4, 0.5) is 5.69 Å². The molecule has 2 aliphatic rings. The van der Waals surface area contributed by atoms with E-state index in [9.17, 15) is 14.7 Å². The fourth-order valence-corrected chi connectivity index (χ4v) is 4.33. The number of ketones is 1. The number of hydrogen-bond donors (Lipinski definition) is 1. The van der Waals surface area contributed by atoms with Crippen LogP contribution < -0.4 is 4.90 Å². The average molecular weight is 329 g/mol. The van der Waals surface area contributed by atoms with Crippen molar-refractivity contribution in [3.05, 3.63) is 29.8 Å². The first-order valence-corrected chi connectivity index (χ1v) is 8.86. The largest absolute Gasteiger partial charge is 0.375 e. The van der Waals surface area contributed by atoms with E-state index < -0.39 is 11.5 Å². The van der Waals surface area contributed by atoms with Gasteiger partial charge in [-0.3, -0.25) is 9.59 Å². The number of hydrogen-bond acceptors (Lipinski definition) is 3. The number of likely N-dealkylation sites (N-methyl/N-ethyl adjacent to an activating group) is 1. The number of para-hydroxylation sites is 1. The summed E-state index contributed by atoms with van der Waals surface area (Å²) in [5.74, 6) is -0.683. The predicted molar refractivity (Wildman–Crippen MR) is 93.7 cm³/mol. The Bertz CT molecular complexity index is 681. The van der Waals surface area contributed by atoms with E-state index in [1.165, 1.54) is 4.90 Å². The van der Waals surface area contributed by atoms with E-state index >= 15 is 0 Å². The zero-order valence-corrected chi connectivity index (χ0v) is 15.0. The molecule has 1 amide bonds. The molecular weight excluding hydrogens is 302 g/mol. The van der Waals surface area contributed by atoms with Gasteiger partial charge in [-0.2, -0.15) is 0 Å². The molecule has 0 aromatic heterocycles. The molecule has 1 aromatic carbocycles. The van der Waals surface area contributed by atoms with Crippen LogP contribution in [0, 0.1) is 17.3 Å². The van der Waals surface area contributed by atoms with E-state index in [2.05, 4.69) is 20.8 Å². The summed E-state index contributed by atoms with van der Waals surface area (Å²) in [6.07, 6.45) is 2.88. The highest BCUT2D eigenvalue weighted by Crippen LogP contribution is 2.51. The van der Waals surface area contributed by atoms with Crippen molar-refractivity contribution < 1.29 is 14.7 Å². The summed E-state index contributed by atoms with van der Waals surface area (Å²) in [6, 6.07) is 7.27. The number of amides is 1. The molecule has 1 N–H and O–H groups in total. The van der Waals surface area contributed by atoms with Gasteiger partial charge in [0, 0.05) is 19.0 Å². The molecule has 0 radical (unpaired) electrons. The third-order valence-electron chi connectivity index (χ3n) is 6.48. The van der Waals surface area contributed by atoms with Gasteiger partial charge in [0.05, 0.1) is 11.6 Å². The monoisotopic (exact) mass is 329 g/mol. The third-order valence-corrected chi connectivity index (χ3v) is 6.48. The van der Waals surface area contributed by atoms with Crippen molar-refractivity contribution in [2.45, 2.75) is 52.1 Å². The molecule has 0 saturated heterocycles. The van der Waals surface area contributed by atoms with Crippen molar-refractivity contribution in [1.82, 2.24) is 0 Å². The summed E-state index contributed by atoms with van der Waals surface area (Å²) in [6.45, 7) is 6.58. The van der Waals surface area contributed by atoms with E-state index in [0.29, 0.717) is 30.0 Å². The molecule has 1 saturated carbocycles. The minimum Gasteiger partial charge on any atom is -0.375 e. The standard InChI is InChI=1S/C20H27NO3/c1-5-19(2,3)13-10-11-17(22)15(12-13)20(24)14-8-6-7-9-16(14)21(4)18(20)23/h6-9,13,15,24H,5,10-12H2,1-4H3/t13-,15+,20-/m0/s1. The lowest BCUT2D eigenvalue weighted by molar-refractivity contribution is -0.154. The molecule has 0 spiro atoms. The van der Waals surface area contributed by atoms with Crippen LogP contribution in [-0.2, 0) is 15.2 Å². The first-order chi connectivity index (χ1) is 11.2. The molecule has 1 aliphatic heterocycles. The molecule has 1 fully saturated rings. The lowest BCUT2D eigenvalue weighted by atomic mass is 9.62. The zero-order chi connectivity index (χ0) is 17.7. The van der Waals surface area contributed by atoms with Crippen LogP contribution in [0.25, 0.3) is 0 Å². The lowest BCUT2D eigenvalue weighted by Gasteiger charge is -2.42. The van der Waals surface area contributed by atoms with Crippen molar-refractivity contribution in [3.8, 4) is 0 Å². The van der Waals surface area contributed by atoms with Gasteiger partial charge in [0.25, 0.3) is 5.91 Å². The molecule has 0 unspecified atom stereocenters. The van der Waals surface area contributed by atoms with Crippen LogP contribution in [0.5, 0.6) is 0 Å². The van der Waals surface area contributed by atoms with Crippen molar-refractivity contribution in [1.29, 1.82) is 0 Å². The number of fused-ring (bicyclic) bond motifs is 1. The molecule has 4 heteroatoms. The van der Waals surface area contributed by atoms with Gasteiger partial charge >= 0.3 is 0 Å². The van der Waals surface area contributed by atoms with Gasteiger partial charge < -0.3 is 10.0 Å². The molecule has 130 valence electrons. The number of aliphatic hydroxyl groups is 1. The van der Waals surface area contributed by atoms with Gasteiger partial charge in [0.2, 0.25) is 0 Å². The highest BCUT2D eigenvalue weighted by molar-refractivity contribution is 6.09. The maximum absolute atomic E-state index is 12.9. The van der Waals surface area contributed by atoms with Gasteiger partial charge in [-0.05, 0) is 30.2 Å². The van der Waals surface area contributed by atoms with E-state index in [-0.39, 0.29) is 17.1 Å². The van der Waals surface area contributed by atoms with E-state index in [1.54, 1.807) is 13.1 Å². The number of carbonyl (C=O) groups is 2. The van der Waals surface area contributed by atoms with Crippen molar-refractivity contribution >= 4 is 17.4 Å². The SMILES string of the molecule is CCC(C)(C)[C@H]1CCC(=O)[C@H]([C@]2(O)C(=O)N(C)c3ccccc32)C1. The molecule has 3 rings (SSSR count). The normalized spacial score (nSPS) is 30.6. The van der Waals surface area contributed by atoms with Crippen molar-refractivity contribution in [2.24, 2.45) is 17.3 Å². The van der Waals surface area contributed by atoms with Gasteiger partial charge in [-0.25, -0.2) is 0 Å². The molecule has 0 bridgehead atoms. The molecule has 1 heterocycles. The van der Waals surface area contributed by atoms with Crippen LogP contribution in [0.15, 0.2) is 24.3 Å². The van der Waals surface area contributed by atoms with Crippen molar-refractivity contribution in [3.63, 3.8) is 0 Å². The Morgan fingerprint density at radius 2 is 1.96 bits per heavy atom. The van der Waals surface area contributed by atoms with Crippen LogP contribution in [-0.4, -0.2) is 23.8 Å². The topological polar surface area (TPSA) is 57.6 Å². The highest BCUT2D eigenvalue weighted by atomic mass is 16.3. The smallest absolute Gasteiger partial charge is 0.264 e. The predicted octanol–water partition coefficient (Wildman–Crippen LogP) is 3.27. The second-order valence-corrected chi connectivity index (χ2v) is 7.98. The van der Waals surface area contributed by atoms with Gasteiger partial charge in [0.1, 0.15) is 5.78 Å². The second-order valence-electron chi connectivity index (χ2n) is 7.98. The average Bonchev–Trinajstić information content (AvgIpc) is 2.78. The van der Waals surface area contributed by atoms with Gasteiger partial charge in [0.15, 0.2) is 5.60 Å². The van der Waals surface area contributed by atoms with Crippen molar-refractivity contribution in [2.75, 3.05) is 11.9 Å². The summed E-state index contributed by atoms with van der Waals surface area (Å²) in [4.78, 5) is 27.0. The number of anilines is 1. The first-order valence-electron chi connectivity index (χ1n) is 8.86. The number of nitrogens with zero attached hydrogens (tertiary/aromatic N) is 1. The Labute approximate surface area is 143 Å². The Hall–Kier alpha value is -1.68. The quantitative estimate of drug-likeness (QED) is 0.926. The highest BCUT2D eigenvalue weighted by Gasteiger charge is 2.57. The number of rotatable bonds is 3.